The molecular formula is C15H12N2O3S. The molecule has 2 aromatic heterocycles. The van der Waals surface area contributed by atoms with E-state index in [1.165, 1.54) is 22.2 Å². The van der Waals surface area contributed by atoms with Crippen molar-refractivity contribution in [2.75, 3.05) is 0 Å². The first-order valence-corrected chi connectivity index (χ1v) is 7.28. The van der Waals surface area contributed by atoms with Gasteiger partial charge in [0.05, 0.1) is 18.1 Å². The normalized spacial score (nSPS) is 10.9. The van der Waals surface area contributed by atoms with Gasteiger partial charge in [-0.1, -0.05) is 30.3 Å². The number of aromatic nitrogens is 2. The van der Waals surface area contributed by atoms with Crippen molar-refractivity contribution in [3.05, 3.63) is 52.4 Å². The topological polar surface area (TPSA) is 72.2 Å². The zero-order valence-corrected chi connectivity index (χ0v) is 11.8. The van der Waals surface area contributed by atoms with E-state index in [-0.39, 0.29) is 18.5 Å². The van der Waals surface area contributed by atoms with Gasteiger partial charge < -0.3 is 5.11 Å². The minimum atomic E-state index is -0.935. The quantitative estimate of drug-likeness (QED) is 0.804. The lowest BCUT2D eigenvalue weighted by Crippen LogP contribution is -2.21. The summed E-state index contributed by atoms with van der Waals surface area (Å²) < 4.78 is 1.36. The Morgan fingerprint density at radius 3 is 2.76 bits per heavy atom. The van der Waals surface area contributed by atoms with Crippen LogP contribution in [0.4, 0.5) is 0 Å². The summed E-state index contributed by atoms with van der Waals surface area (Å²) in [7, 11) is 0. The van der Waals surface area contributed by atoms with Gasteiger partial charge in [-0.2, -0.15) is 0 Å². The Bertz CT molecular complexity index is 852. The highest BCUT2D eigenvalue weighted by molar-refractivity contribution is 7.17. The average Bonchev–Trinajstić information content (AvgIpc) is 2.92. The molecule has 21 heavy (non-hydrogen) atoms. The molecule has 0 saturated heterocycles. The van der Waals surface area contributed by atoms with Gasteiger partial charge in [-0.05, 0) is 5.56 Å². The number of carboxylic acid groups (broad SMARTS) is 1. The van der Waals surface area contributed by atoms with Crippen LogP contribution >= 0.6 is 11.3 Å². The van der Waals surface area contributed by atoms with E-state index in [9.17, 15) is 9.59 Å². The van der Waals surface area contributed by atoms with Crippen LogP contribution in [0.5, 0.6) is 0 Å². The number of hydrogen-bond donors (Lipinski definition) is 1. The number of carboxylic acids is 1. The van der Waals surface area contributed by atoms with Crippen molar-refractivity contribution in [2.45, 2.75) is 13.0 Å². The first kappa shape index (κ1) is 13.5. The number of fused-ring (bicyclic) bond motifs is 1. The van der Waals surface area contributed by atoms with E-state index >= 15 is 0 Å². The van der Waals surface area contributed by atoms with Crippen LogP contribution in [-0.2, 0) is 11.3 Å². The molecule has 0 bridgehead atoms. The molecule has 0 fully saturated rings. The van der Waals surface area contributed by atoms with Gasteiger partial charge in [0.15, 0.2) is 0 Å². The molecule has 0 amide bonds. The maximum absolute atomic E-state index is 12.5. The predicted molar refractivity (Wildman–Crippen MR) is 81.6 cm³/mol. The molecular weight excluding hydrogens is 288 g/mol. The van der Waals surface area contributed by atoms with Gasteiger partial charge in [-0.15, -0.1) is 11.3 Å². The van der Waals surface area contributed by atoms with Crippen molar-refractivity contribution in [3.63, 3.8) is 0 Å². The second-order valence-electron chi connectivity index (χ2n) is 4.58. The molecule has 0 unspecified atom stereocenters. The highest BCUT2D eigenvalue weighted by Gasteiger charge is 2.13. The van der Waals surface area contributed by atoms with Crippen LogP contribution < -0.4 is 5.56 Å². The fraction of sp³-hybridized carbons (Fsp3) is 0.133. The molecule has 0 atom stereocenters. The Morgan fingerprint density at radius 1 is 1.29 bits per heavy atom. The highest BCUT2D eigenvalue weighted by atomic mass is 32.1. The number of benzene rings is 1. The third-order valence-electron chi connectivity index (χ3n) is 3.21. The van der Waals surface area contributed by atoms with Gasteiger partial charge in [-0.25, -0.2) is 4.98 Å². The minimum Gasteiger partial charge on any atom is -0.481 e. The van der Waals surface area contributed by atoms with E-state index in [0.717, 1.165) is 11.1 Å². The lowest BCUT2D eigenvalue weighted by Gasteiger charge is -2.04. The van der Waals surface area contributed by atoms with Crippen molar-refractivity contribution in [1.29, 1.82) is 0 Å². The van der Waals surface area contributed by atoms with Gasteiger partial charge in [0, 0.05) is 17.5 Å². The second-order valence-corrected chi connectivity index (χ2v) is 5.44. The van der Waals surface area contributed by atoms with Crippen molar-refractivity contribution >= 4 is 27.5 Å². The number of aryl methyl sites for hydroxylation is 1. The largest absolute Gasteiger partial charge is 0.481 e. The van der Waals surface area contributed by atoms with Crippen LogP contribution in [0.2, 0.25) is 0 Å². The Morgan fingerprint density at radius 2 is 2.05 bits per heavy atom. The van der Waals surface area contributed by atoms with Crippen molar-refractivity contribution in [2.24, 2.45) is 0 Å². The first-order valence-electron chi connectivity index (χ1n) is 6.40. The third-order valence-corrected chi connectivity index (χ3v) is 4.10. The van der Waals surface area contributed by atoms with Crippen LogP contribution in [0, 0.1) is 0 Å². The number of carbonyl (C=O) groups is 1. The third kappa shape index (κ3) is 2.57. The molecule has 1 N–H and O–H groups in total. The highest BCUT2D eigenvalue weighted by Crippen LogP contribution is 2.30. The number of rotatable bonds is 4. The summed E-state index contributed by atoms with van der Waals surface area (Å²) >= 11 is 1.42. The summed E-state index contributed by atoms with van der Waals surface area (Å²) in [5, 5.41) is 11.2. The minimum absolute atomic E-state index is 0.0993. The Labute approximate surface area is 124 Å². The fourth-order valence-corrected chi connectivity index (χ4v) is 3.08. The summed E-state index contributed by atoms with van der Waals surface area (Å²) in [6.07, 6.45) is 1.32. The molecule has 3 rings (SSSR count). The molecule has 106 valence electrons. The Balaban J connectivity index is 2.14. The lowest BCUT2D eigenvalue weighted by molar-refractivity contribution is -0.137. The second kappa shape index (κ2) is 5.49. The molecule has 0 aliphatic heterocycles. The van der Waals surface area contributed by atoms with Gasteiger partial charge >= 0.3 is 5.97 Å². The van der Waals surface area contributed by atoms with Crippen LogP contribution in [0.25, 0.3) is 21.3 Å². The van der Waals surface area contributed by atoms with Crippen molar-refractivity contribution in [1.82, 2.24) is 9.55 Å². The van der Waals surface area contributed by atoms with Gasteiger partial charge in [0.2, 0.25) is 0 Å². The summed E-state index contributed by atoms with van der Waals surface area (Å²) in [5.74, 6) is -0.935. The van der Waals surface area contributed by atoms with Crippen LogP contribution in [0.1, 0.15) is 6.42 Å². The average molecular weight is 300 g/mol. The molecule has 1 aromatic carbocycles. The molecule has 2 heterocycles. The van der Waals surface area contributed by atoms with E-state index in [1.807, 2.05) is 35.7 Å². The summed E-state index contributed by atoms with van der Waals surface area (Å²) in [5.41, 5.74) is 1.61. The Hall–Kier alpha value is -2.47. The van der Waals surface area contributed by atoms with E-state index in [4.69, 9.17) is 5.11 Å². The molecule has 0 aliphatic rings. The Kier molecular flexibility index (Phi) is 3.53. The number of hydrogen-bond acceptors (Lipinski definition) is 4. The van der Waals surface area contributed by atoms with E-state index in [1.54, 1.807) is 0 Å². The molecule has 5 nitrogen and oxygen atoms in total. The van der Waals surface area contributed by atoms with Gasteiger partial charge in [0.25, 0.3) is 5.56 Å². The first-order chi connectivity index (χ1) is 10.2. The smallest absolute Gasteiger partial charge is 0.305 e. The van der Waals surface area contributed by atoms with Crippen LogP contribution in [-0.4, -0.2) is 20.6 Å². The monoisotopic (exact) mass is 300 g/mol. The van der Waals surface area contributed by atoms with Gasteiger partial charge in [0.1, 0.15) is 4.83 Å². The standard InChI is InChI=1S/C15H12N2O3S/c18-12(19)6-7-17-9-16-14-13(15(17)20)11(8-21-14)10-4-2-1-3-5-10/h1-5,8-9H,6-7H2,(H,18,19). The van der Waals surface area contributed by atoms with Crippen LogP contribution in [0.3, 0.4) is 0 Å². The van der Waals surface area contributed by atoms with Crippen molar-refractivity contribution in [3.8, 4) is 11.1 Å². The van der Waals surface area contributed by atoms with E-state index in [0.29, 0.717) is 10.2 Å². The zero-order chi connectivity index (χ0) is 14.8. The predicted octanol–water partition coefficient (Wildman–Crippen LogP) is 2.60. The summed E-state index contributed by atoms with van der Waals surface area (Å²) in [6, 6.07) is 9.63. The SMILES string of the molecule is O=C(O)CCn1cnc2scc(-c3ccccc3)c2c1=O. The lowest BCUT2D eigenvalue weighted by atomic mass is 10.1. The maximum Gasteiger partial charge on any atom is 0.305 e. The van der Waals surface area contributed by atoms with Crippen LogP contribution in [0.15, 0.2) is 46.8 Å². The molecule has 6 heteroatoms. The number of aliphatic carboxylic acids is 1. The summed E-state index contributed by atoms with van der Waals surface area (Å²) in [6.45, 7) is 0.126. The van der Waals surface area contributed by atoms with Crippen molar-refractivity contribution < 1.29 is 9.90 Å². The van der Waals surface area contributed by atoms with E-state index in [2.05, 4.69) is 4.98 Å². The van der Waals surface area contributed by atoms with E-state index < -0.39 is 5.97 Å². The number of nitrogens with zero attached hydrogens (tertiary/aromatic N) is 2. The molecule has 0 radical (unpaired) electrons. The van der Waals surface area contributed by atoms with Gasteiger partial charge in [-0.3, -0.25) is 14.2 Å². The number of thiophene rings is 1. The fourth-order valence-electron chi connectivity index (χ4n) is 2.17. The molecule has 3 aromatic rings. The molecule has 0 aliphatic carbocycles. The zero-order valence-electron chi connectivity index (χ0n) is 11.0. The summed E-state index contributed by atoms with van der Waals surface area (Å²) in [4.78, 5) is 28.1. The molecule has 0 saturated carbocycles. The molecule has 0 spiro atoms. The maximum atomic E-state index is 12.5.